The molecule has 0 radical (unpaired) electrons. The van der Waals surface area contributed by atoms with Crippen LogP contribution in [0.1, 0.15) is 41.5 Å². The summed E-state index contributed by atoms with van der Waals surface area (Å²) in [6.45, 7) is 36.3. The normalized spacial score (nSPS) is 7.76. The maximum atomic E-state index is 7.50. The first-order valence-electron chi connectivity index (χ1n) is 8.84. The first-order valence-corrected chi connectivity index (χ1v) is 10.8. The molecule has 2 aromatic carbocycles. The fourth-order valence-electron chi connectivity index (χ4n) is 2.33. The molecule has 0 fully saturated rings. The van der Waals surface area contributed by atoms with Crippen LogP contribution in [0.2, 0.25) is 0 Å². The fourth-order valence-corrected chi connectivity index (χ4v) is 5.64. The van der Waals surface area contributed by atoms with Gasteiger partial charge < -0.3 is 0 Å². The van der Waals surface area contributed by atoms with Crippen molar-refractivity contribution < 1.29 is 57.4 Å². The molecule has 0 spiro atoms. The van der Waals surface area contributed by atoms with Crippen molar-refractivity contribution in [2.45, 2.75) is 51.9 Å². The average Bonchev–Trinajstić information content (AvgIpc) is 2.80. The third-order valence-electron chi connectivity index (χ3n) is 2.59. The van der Waals surface area contributed by atoms with Crippen LogP contribution in [-0.2, 0) is 57.4 Å². The Hall–Kier alpha value is -0.961. The van der Waals surface area contributed by atoms with Gasteiger partial charge in [-0.05, 0) is 20.9 Å². The Balaban J connectivity index is -0.0000000617. The largest absolute Gasteiger partial charge is 0.0622 e. The molecule has 0 aliphatic heterocycles. The van der Waals surface area contributed by atoms with Crippen LogP contribution in [0.15, 0.2) is 60.7 Å². The van der Waals surface area contributed by atoms with Crippen LogP contribution >= 0.6 is 17.2 Å². The van der Waals surface area contributed by atoms with E-state index in [0.29, 0.717) is 10.3 Å². The molecule has 2 aromatic rings. The first-order chi connectivity index (χ1) is 15.2. The smallest absolute Gasteiger partial charge is 0 e. The summed E-state index contributed by atoms with van der Waals surface area (Å²) >= 11 is 0. The number of benzene rings is 2. The average molecular weight is 584 g/mol. The second kappa shape index (κ2) is 36.6. The van der Waals surface area contributed by atoms with Crippen LogP contribution in [0.4, 0.5) is 0 Å². The molecule has 0 N–H and O–H groups in total. The van der Waals surface area contributed by atoms with Gasteiger partial charge in [0.2, 0.25) is 0 Å². The third-order valence-corrected chi connectivity index (χ3v) is 5.33. The van der Waals surface area contributed by atoms with E-state index in [0.717, 1.165) is 17.2 Å². The molecule has 0 aliphatic rings. The topological polar surface area (TPSA) is 99.5 Å². The minimum absolute atomic E-state index is 0. The Morgan fingerprint density at radius 2 is 0.676 bits per heavy atom. The number of rotatable bonds is 2. The van der Waals surface area contributed by atoms with Gasteiger partial charge in [0.1, 0.15) is 0 Å². The van der Waals surface area contributed by atoms with Gasteiger partial charge in [-0.3, -0.25) is 0 Å². The van der Waals surface area contributed by atoms with Crippen molar-refractivity contribution in [3.63, 3.8) is 0 Å². The standard InChI is InChI=1S/C12H11P.C8H19P.5CO.2Fe/c1-3-7-11(8-4-1)13-12-9-5-2-6-10-12;1-7(2,3)9-8(4,5)6;5*1-2;;/h1-10,13H;9H,1-6H3;;;;;;;. The van der Waals surface area contributed by atoms with Gasteiger partial charge in [0.25, 0.3) is 0 Å². The molecule has 2 rings (SSSR count). The first kappa shape index (κ1) is 50.0. The Morgan fingerprint density at radius 1 is 0.471 bits per heavy atom. The second-order valence-corrected chi connectivity index (χ2v) is 12.1. The fraction of sp³-hybridized carbons (Fsp3) is 0.320. The zero-order valence-corrected chi connectivity index (χ0v) is 24.2. The van der Waals surface area contributed by atoms with Gasteiger partial charge in [-0.25, -0.2) is 0 Å². The Morgan fingerprint density at radius 3 is 0.824 bits per heavy atom. The van der Waals surface area contributed by atoms with Gasteiger partial charge in [-0.2, -0.15) is 0 Å². The van der Waals surface area contributed by atoms with Gasteiger partial charge in [-0.1, -0.05) is 111 Å². The van der Waals surface area contributed by atoms with E-state index in [1.807, 2.05) is 0 Å². The van der Waals surface area contributed by atoms with Crippen molar-refractivity contribution in [3.05, 3.63) is 93.9 Å². The van der Waals surface area contributed by atoms with E-state index >= 15 is 0 Å². The zero-order chi connectivity index (χ0) is 26.6. The maximum Gasteiger partial charge on any atom is 0 e. The van der Waals surface area contributed by atoms with Gasteiger partial charge in [-0.15, -0.1) is 8.58 Å². The molecule has 0 saturated heterocycles. The second-order valence-electron chi connectivity index (χ2n) is 7.48. The Bertz CT molecular complexity index is 662. The molecule has 0 heterocycles. The summed E-state index contributed by atoms with van der Waals surface area (Å²) in [6, 6.07) is 21.2. The Labute approximate surface area is 230 Å². The summed E-state index contributed by atoms with van der Waals surface area (Å²) in [5, 5.41) is 3.82. The molecular formula is C25H30Fe2O5P2. The van der Waals surface area contributed by atoms with E-state index in [4.69, 9.17) is 23.3 Å². The molecule has 5 nitrogen and oxygen atoms in total. The molecule has 9 heteroatoms. The van der Waals surface area contributed by atoms with Crippen molar-refractivity contribution >= 4 is 27.8 Å². The van der Waals surface area contributed by atoms with Gasteiger partial charge in [0.05, 0.1) is 0 Å². The molecular weight excluding hydrogens is 554 g/mol. The van der Waals surface area contributed by atoms with Crippen LogP contribution in [-0.4, -0.2) is 10.3 Å². The van der Waals surface area contributed by atoms with Crippen molar-refractivity contribution in [1.29, 1.82) is 0 Å². The third kappa shape index (κ3) is 44.7. The van der Waals surface area contributed by atoms with Crippen molar-refractivity contribution in [2.75, 3.05) is 0 Å². The summed E-state index contributed by atoms with van der Waals surface area (Å²) < 4.78 is 37.5. The quantitative estimate of drug-likeness (QED) is 0.196. The van der Waals surface area contributed by atoms with Crippen LogP contribution in [0.5, 0.6) is 0 Å². The minimum atomic E-state index is 0. The number of hydrogen-bond donors (Lipinski definition) is 0. The summed E-state index contributed by atoms with van der Waals surface area (Å²) in [5.74, 6) is 0. The maximum absolute atomic E-state index is 7.50. The monoisotopic (exact) mass is 584 g/mol. The van der Waals surface area contributed by atoms with Crippen LogP contribution < -0.4 is 10.6 Å². The summed E-state index contributed by atoms with van der Waals surface area (Å²) in [5.41, 5.74) is 0. The zero-order valence-electron chi connectivity index (χ0n) is 20.0. The van der Waals surface area contributed by atoms with E-state index in [2.05, 4.69) is 135 Å². The molecule has 0 amide bonds. The Kier molecular flexibility index (Phi) is 53.9. The predicted molar refractivity (Wildman–Crippen MR) is 128 cm³/mol. The summed E-state index contributed by atoms with van der Waals surface area (Å²) in [4.78, 5) is 0. The SMILES string of the molecule is CC(C)(C)PC(C)(C)C.[C-]#[O+].[C-]#[O+].[C-]#[O+].[C-]#[O+].[C-]#[O+].[Fe].[Fe].c1ccc(Pc2ccccc2)cc1. The van der Waals surface area contributed by atoms with Crippen molar-refractivity contribution in [1.82, 2.24) is 0 Å². The van der Waals surface area contributed by atoms with Gasteiger partial charge in [0, 0.05) is 34.1 Å². The summed E-state index contributed by atoms with van der Waals surface area (Å²) in [6.07, 6.45) is 0. The molecule has 0 aromatic heterocycles. The molecule has 34 heavy (non-hydrogen) atoms. The molecule has 0 bridgehead atoms. The molecule has 0 saturated carbocycles. The van der Waals surface area contributed by atoms with E-state index in [9.17, 15) is 0 Å². The van der Waals surface area contributed by atoms with E-state index in [1.54, 1.807) is 0 Å². The van der Waals surface area contributed by atoms with Crippen LogP contribution in [0.3, 0.4) is 0 Å². The van der Waals surface area contributed by atoms with Gasteiger partial charge >= 0.3 is 56.5 Å². The van der Waals surface area contributed by atoms with Crippen molar-refractivity contribution in [3.8, 4) is 0 Å². The van der Waals surface area contributed by atoms with E-state index < -0.39 is 0 Å². The predicted octanol–water partition coefficient (Wildman–Crippen LogP) is 5.39. The number of hydrogen-bond acceptors (Lipinski definition) is 0. The van der Waals surface area contributed by atoms with Crippen LogP contribution in [0.25, 0.3) is 0 Å². The molecule has 0 aliphatic carbocycles. The molecule has 186 valence electrons. The molecule has 0 atom stereocenters. The van der Waals surface area contributed by atoms with Gasteiger partial charge in [0.15, 0.2) is 0 Å². The van der Waals surface area contributed by atoms with Crippen LogP contribution in [0, 0.1) is 33.3 Å². The minimum Gasteiger partial charge on any atom is -0.0622 e. The summed E-state index contributed by atoms with van der Waals surface area (Å²) in [7, 11) is 1.83. The molecule has 0 unspecified atom stereocenters. The van der Waals surface area contributed by atoms with E-state index in [-0.39, 0.29) is 34.1 Å². The van der Waals surface area contributed by atoms with Crippen molar-refractivity contribution in [2.24, 2.45) is 0 Å². The van der Waals surface area contributed by atoms with E-state index in [1.165, 1.54) is 10.6 Å².